The number of guanidine groups is 1. The molecule has 1 aromatic carbocycles. The molecule has 1 fully saturated rings. The van der Waals surface area contributed by atoms with Crippen LogP contribution in [0.3, 0.4) is 0 Å². The zero-order valence-corrected chi connectivity index (χ0v) is 16.7. The molecule has 0 bridgehead atoms. The number of benzene rings is 1. The van der Waals surface area contributed by atoms with Crippen LogP contribution in [0, 0.1) is 5.82 Å². The van der Waals surface area contributed by atoms with Gasteiger partial charge in [-0.25, -0.2) is 4.39 Å². The van der Waals surface area contributed by atoms with Crippen LogP contribution in [-0.2, 0) is 11.3 Å². The summed E-state index contributed by atoms with van der Waals surface area (Å²) >= 11 is 1.89. The molecule has 2 N–H and O–H groups in total. The third kappa shape index (κ3) is 6.46. The largest absolute Gasteiger partial charge is 0.381 e. The highest BCUT2D eigenvalue weighted by Gasteiger charge is 2.31. The summed E-state index contributed by atoms with van der Waals surface area (Å²) in [6, 6.07) is 6.49. The van der Waals surface area contributed by atoms with Gasteiger partial charge in [-0.05, 0) is 36.8 Å². The summed E-state index contributed by atoms with van der Waals surface area (Å²) in [6.07, 6.45) is 4.26. The third-order valence-corrected chi connectivity index (χ3v) is 5.43. The second kappa shape index (κ2) is 10.4. The van der Waals surface area contributed by atoms with Crippen LogP contribution < -0.4 is 10.6 Å². The van der Waals surface area contributed by atoms with E-state index in [-0.39, 0.29) is 34.5 Å². The number of nitrogens with one attached hydrogen (secondary N) is 2. The minimum atomic E-state index is -0.215. The second-order valence-corrected chi connectivity index (χ2v) is 6.68. The summed E-state index contributed by atoms with van der Waals surface area (Å²) in [4.78, 5) is 4.25. The fourth-order valence-electron chi connectivity index (χ4n) is 2.45. The summed E-state index contributed by atoms with van der Waals surface area (Å²) < 4.78 is 18.6. The van der Waals surface area contributed by atoms with Gasteiger partial charge < -0.3 is 15.4 Å². The van der Waals surface area contributed by atoms with Crippen LogP contribution in [0.5, 0.6) is 0 Å². The number of aliphatic imine (C=N–C) groups is 1. The Morgan fingerprint density at radius 3 is 2.48 bits per heavy atom. The summed E-state index contributed by atoms with van der Waals surface area (Å²) in [5, 5.41) is 6.66. The Bertz CT molecular complexity index is 493. The molecule has 1 aromatic rings. The van der Waals surface area contributed by atoms with Gasteiger partial charge in [0.2, 0.25) is 0 Å². The van der Waals surface area contributed by atoms with Gasteiger partial charge in [0.05, 0.1) is 0 Å². The molecule has 0 unspecified atom stereocenters. The van der Waals surface area contributed by atoms with Crippen LogP contribution in [-0.4, -0.2) is 43.8 Å². The topological polar surface area (TPSA) is 45.7 Å². The first-order chi connectivity index (χ1) is 10.7. The molecule has 4 nitrogen and oxygen atoms in total. The molecular weight excluding hydrogens is 428 g/mol. The predicted octanol–water partition coefficient (Wildman–Crippen LogP) is 3.02. The number of ether oxygens (including phenoxy) is 1. The Hall–Kier alpha value is -0.540. The van der Waals surface area contributed by atoms with Crippen molar-refractivity contribution in [2.45, 2.75) is 24.1 Å². The highest BCUT2D eigenvalue weighted by atomic mass is 127. The van der Waals surface area contributed by atoms with Crippen molar-refractivity contribution in [1.29, 1.82) is 0 Å². The van der Waals surface area contributed by atoms with E-state index in [0.717, 1.165) is 44.1 Å². The predicted molar refractivity (Wildman–Crippen MR) is 106 cm³/mol. The van der Waals surface area contributed by atoms with Crippen LogP contribution in [0.4, 0.5) is 4.39 Å². The Morgan fingerprint density at radius 1 is 1.26 bits per heavy atom. The standard InChI is InChI=1S/C16H24FN3OS.HI/c1-18-15(19-11-13-3-5-14(17)6-4-13)20-12-16(22-2)7-9-21-10-8-16;/h3-6H,7-12H2,1-2H3,(H2,18,19,20);1H. The van der Waals surface area contributed by atoms with Crippen LogP contribution >= 0.6 is 35.7 Å². The molecule has 1 saturated heterocycles. The maximum absolute atomic E-state index is 12.9. The quantitative estimate of drug-likeness (QED) is 0.409. The number of hydrogen-bond donors (Lipinski definition) is 2. The molecule has 0 saturated carbocycles. The molecule has 1 heterocycles. The smallest absolute Gasteiger partial charge is 0.191 e. The van der Waals surface area contributed by atoms with Gasteiger partial charge in [-0.1, -0.05) is 12.1 Å². The van der Waals surface area contributed by atoms with Crippen molar-refractivity contribution in [3.8, 4) is 0 Å². The first-order valence-electron chi connectivity index (χ1n) is 7.49. The van der Waals surface area contributed by atoms with E-state index >= 15 is 0 Å². The van der Waals surface area contributed by atoms with Gasteiger partial charge in [-0.2, -0.15) is 11.8 Å². The molecule has 2 rings (SSSR count). The zero-order chi connectivity index (χ0) is 15.8. The number of halogens is 2. The van der Waals surface area contributed by atoms with Crippen molar-refractivity contribution in [2.24, 2.45) is 4.99 Å². The van der Waals surface area contributed by atoms with E-state index in [1.54, 1.807) is 19.2 Å². The van der Waals surface area contributed by atoms with Gasteiger partial charge in [0.25, 0.3) is 0 Å². The van der Waals surface area contributed by atoms with E-state index in [9.17, 15) is 4.39 Å². The molecule has 0 amide bonds. The molecule has 7 heteroatoms. The lowest BCUT2D eigenvalue weighted by molar-refractivity contribution is 0.0783. The van der Waals surface area contributed by atoms with Gasteiger partial charge in [0.15, 0.2) is 5.96 Å². The van der Waals surface area contributed by atoms with Gasteiger partial charge in [0.1, 0.15) is 5.82 Å². The Morgan fingerprint density at radius 2 is 1.91 bits per heavy atom. The Kier molecular flexibility index (Phi) is 9.23. The van der Waals surface area contributed by atoms with Crippen LogP contribution in [0.25, 0.3) is 0 Å². The molecule has 0 radical (unpaired) electrons. The van der Waals surface area contributed by atoms with Gasteiger partial charge in [0, 0.05) is 38.1 Å². The monoisotopic (exact) mass is 453 g/mol. The van der Waals surface area contributed by atoms with Crippen molar-refractivity contribution < 1.29 is 9.13 Å². The average molecular weight is 453 g/mol. The first kappa shape index (κ1) is 20.5. The molecule has 0 aliphatic carbocycles. The fraction of sp³-hybridized carbons (Fsp3) is 0.562. The maximum Gasteiger partial charge on any atom is 0.191 e. The van der Waals surface area contributed by atoms with E-state index < -0.39 is 0 Å². The zero-order valence-electron chi connectivity index (χ0n) is 13.6. The van der Waals surface area contributed by atoms with Crippen LogP contribution in [0.2, 0.25) is 0 Å². The van der Waals surface area contributed by atoms with Crippen LogP contribution in [0.1, 0.15) is 18.4 Å². The highest BCUT2D eigenvalue weighted by molar-refractivity contribution is 14.0. The number of hydrogen-bond acceptors (Lipinski definition) is 3. The summed E-state index contributed by atoms with van der Waals surface area (Å²) in [5.74, 6) is 0.553. The van der Waals surface area contributed by atoms with Crippen molar-refractivity contribution in [1.82, 2.24) is 10.6 Å². The molecule has 130 valence electrons. The van der Waals surface area contributed by atoms with E-state index in [1.165, 1.54) is 12.1 Å². The summed E-state index contributed by atoms with van der Waals surface area (Å²) in [6.45, 7) is 3.13. The molecule has 0 spiro atoms. The first-order valence-corrected chi connectivity index (χ1v) is 8.72. The van der Waals surface area contributed by atoms with Gasteiger partial charge in [-0.15, -0.1) is 24.0 Å². The van der Waals surface area contributed by atoms with Crippen molar-refractivity contribution >= 4 is 41.7 Å². The second-order valence-electron chi connectivity index (χ2n) is 5.41. The molecule has 23 heavy (non-hydrogen) atoms. The highest BCUT2D eigenvalue weighted by Crippen LogP contribution is 2.32. The molecular formula is C16H25FIN3OS. The van der Waals surface area contributed by atoms with E-state index in [2.05, 4.69) is 21.9 Å². The average Bonchev–Trinajstić information content (AvgIpc) is 2.57. The lowest BCUT2D eigenvalue weighted by Crippen LogP contribution is -2.47. The third-order valence-electron chi connectivity index (χ3n) is 4.01. The van der Waals surface area contributed by atoms with Gasteiger partial charge in [-0.3, -0.25) is 4.99 Å². The van der Waals surface area contributed by atoms with E-state index in [1.807, 2.05) is 11.8 Å². The van der Waals surface area contributed by atoms with E-state index in [0.29, 0.717) is 6.54 Å². The number of thioether (sulfide) groups is 1. The normalized spacial score (nSPS) is 17.3. The summed E-state index contributed by atoms with van der Waals surface area (Å²) in [7, 11) is 1.76. The minimum Gasteiger partial charge on any atom is -0.381 e. The van der Waals surface area contributed by atoms with Gasteiger partial charge >= 0.3 is 0 Å². The van der Waals surface area contributed by atoms with E-state index in [4.69, 9.17) is 4.74 Å². The van der Waals surface area contributed by atoms with Crippen molar-refractivity contribution in [3.63, 3.8) is 0 Å². The SMILES string of the molecule is CN=C(NCc1ccc(F)cc1)NCC1(SC)CCOCC1.I. The van der Waals surface area contributed by atoms with Crippen molar-refractivity contribution in [3.05, 3.63) is 35.6 Å². The molecule has 0 atom stereocenters. The number of rotatable bonds is 5. The molecule has 1 aliphatic heterocycles. The lowest BCUT2D eigenvalue weighted by Gasteiger charge is -2.36. The lowest BCUT2D eigenvalue weighted by atomic mass is 9.99. The maximum atomic E-state index is 12.9. The fourth-order valence-corrected chi connectivity index (χ4v) is 3.24. The van der Waals surface area contributed by atoms with Crippen LogP contribution in [0.15, 0.2) is 29.3 Å². The molecule has 0 aromatic heterocycles. The minimum absolute atomic E-state index is 0. The van der Waals surface area contributed by atoms with Crippen molar-refractivity contribution in [2.75, 3.05) is 33.1 Å². The Balaban J connectivity index is 0.00000264. The molecule has 1 aliphatic rings. The Labute approximate surface area is 159 Å². The summed E-state index contributed by atoms with van der Waals surface area (Å²) in [5.41, 5.74) is 1.02. The number of nitrogens with zero attached hydrogens (tertiary/aromatic N) is 1.